The number of ketones is 1. The molecule has 3 aliphatic rings. The van der Waals surface area contributed by atoms with Gasteiger partial charge in [-0.25, -0.2) is 14.4 Å². The molecule has 0 bridgehead atoms. The third kappa shape index (κ3) is 4.51. The molecule has 0 radical (unpaired) electrons. The van der Waals surface area contributed by atoms with Crippen molar-refractivity contribution in [3.8, 4) is 17.3 Å². The largest absolute Gasteiger partial charge is 0.383 e. The zero-order chi connectivity index (χ0) is 24.7. The zero-order valence-electron chi connectivity index (χ0n) is 20.5. The maximum absolute atomic E-state index is 14.0. The molecule has 2 aliphatic heterocycles. The van der Waals surface area contributed by atoms with Crippen LogP contribution in [0, 0.1) is 11.3 Å². The highest BCUT2D eigenvalue weighted by Gasteiger charge is 2.37. The number of allylic oxidation sites excluding steroid dienone is 1. The summed E-state index contributed by atoms with van der Waals surface area (Å²) in [6.07, 6.45) is 4.97. The molecule has 6 nitrogen and oxygen atoms in total. The van der Waals surface area contributed by atoms with Crippen molar-refractivity contribution in [2.24, 2.45) is 0 Å². The van der Waals surface area contributed by atoms with Crippen LogP contribution in [0.4, 0.5) is 10.1 Å². The van der Waals surface area contributed by atoms with Gasteiger partial charge in [-0.15, -0.1) is 0 Å². The Balaban J connectivity index is 1.47. The highest BCUT2D eigenvalue weighted by atomic mass is 19.1. The lowest BCUT2D eigenvalue weighted by atomic mass is 9.79. The quantitative estimate of drug-likeness (QED) is 0.691. The first-order valence-corrected chi connectivity index (χ1v) is 12.2. The van der Waals surface area contributed by atoms with Crippen molar-refractivity contribution >= 4 is 11.5 Å². The van der Waals surface area contributed by atoms with Crippen molar-refractivity contribution in [3.05, 3.63) is 64.1 Å². The van der Waals surface area contributed by atoms with Crippen LogP contribution in [-0.2, 0) is 16.6 Å². The molecule has 0 amide bonds. The van der Waals surface area contributed by atoms with E-state index in [1.54, 1.807) is 13.1 Å². The normalized spacial score (nSPS) is 22.7. The molecule has 2 unspecified atom stereocenters. The van der Waals surface area contributed by atoms with E-state index in [2.05, 4.69) is 28.3 Å². The van der Waals surface area contributed by atoms with E-state index in [0.29, 0.717) is 42.9 Å². The van der Waals surface area contributed by atoms with Gasteiger partial charge >= 0.3 is 0 Å². The molecule has 0 spiro atoms. The minimum atomic E-state index is -0.950. The number of halogens is 1. The van der Waals surface area contributed by atoms with E-state index >= 15 is 0 Å². The summed E-state index contributed by atoms with van der Waals surface area (Å²) in [6.45, 7) is 6.05. The topological polar surface area (TPSA) is 81.9 Å². The number of alkyl halides is 1. The van der Waals surface area contributed by atoms with Crippen molar-refractivity contribution in [3.63, 3.8) is 0 Å². The molecular weight excluding hydrogens is 441 g/mol. The number of nitriles is 1. The Labute approximate surface area is 205 Å². The van der Waals surface area contributed by atoms with Crippen LogP contribution in [0.3, 0.4) is 0 Å². The Kier molecular flexibility index (Phi) is 6.02. The fourth-order valence-corrected chi connectivity index (χ4v) is 5.61. The van der Waals surface area contributed by atoms with Gasteiger partial charge in [-0.05, 0) is 56.1 Å². The summed E-state index contributed by atoms with van der Waals surface area (Å²) < 4.78 is 14.0. The zero-order valence-corrected chi connectivity index (χ0v) is 20.5. The first-order valence-electron chi connectivity index (χ1n) is 12.2. The molecule has 2 atom stereocenters. The Morgan fingerprint density at radius 1 is 1.37 bits per heavy atom. The predicted octanol–water partition coefficient (Wildman–Crippen LogP) is 4.52. The second-order valence-electron chi connectivity index (χ2n) is 10.4. The number of fused-ring (bicyclic) bond motifs is 1. The van der Waals surface area contributed by atoms with Crippen molar-refractivity contribution in [2.75, 3.05) is 32.0 Å². The Morgan fingerprint density at radius 3 is 2.97 bits per heavy atom. The Hall–Kier alpha value is -3.37. The van der Waals surface area contributed by atoms with E-state index in [4.69, 9.17) is 4.98 Å². The van der Waals surface area contributed by atoms with Gasteiger partial charge in [0.15, 0.2) is 5.78 Å². The van der Waals surface area contributed by atoms with Gasteiger partial charge in [-0.1, -0.05) is 18.6 Å². The van der Waals surface area contributed by atoms with Crippen molar-refractivity contribution in [1.82, 2.24) is 14.9 Å². The number of anilines is 1. The van der Waals surface area contributed by atoms with Gasteiger partial charge in [-0.2, -0.15) is 5.26 Å². The summed E-state index contributed by atoms with van der Waals surface area (Å²) in [5.41, 5.74) is 6.60. The standard InChI is InChI=1S/C28H30FN5O/c1-17(29)13-28(2)16-32-27-21(14-30)8-19(10-23(27)28)24-4-6-31-26(33-24)12-20-9-22-15-34(3)7-5-18(22)11-25(20)35/h4,6,8-10,17,32H,5,7,11-13,15-16H2,1-3H3. The van der Waals surface area contributed by atoms with Gasteiger partial charge in [0.2, 0.25) is 0 Å². The van der Waals surface area contributed by atoms with E-state index in [9.17, 15) is 14.4 Å². The summed E-state index contributed by atoms with van der Waals surface area (Å²) in [5, 5.41) is 13.1. The second kappa shape index (κ2) is 9.01. The van der Waals surface area contributed by atoms with Crippen LogP contribution in [0.5, 0.6) is 0 Å². The SMILES string of the molecule is CC(F)CC1(C)CNc2c(C#N)cc(-c3ccnc(CC4=CC5=C(CCN(C)C5)CC4=O)n3)cc21. The van der Waals surface area contributed by atoms with E-state index in [0.717, 1.165) is 41.9 Å². The Bertz CT molecular complexity index is 1300. The van der Waals surface area contributed by atoms with Crippen LogP contribution in [-0.4, -0.2) is 53.5 Å². The fourth-order valence-electron chi connectivity index (χ4n) is 5.61. The molecule has 180 valence electrons. The van der Waals surface area contributed by atoms with E-state index < -0.39 is 11.6 Å². The van der Waals surface area contributed by atoms with Crippen LogP contribution in [0.25, 0.3) is 11.3 Å². The number of Topliss-reactive ketones (excluding diaryl/α,β-unsaturated/α-hetero) is 1. The fraction of sp³-hybridized carbons (Fsp3) is 0.429. The van der Waals surface area contributed by atoms with Crippen molar-refractivity contribution < 1.29 is 9.18 Å². The average molecular weight is 472 g/mol. The summed E-state index contributed by atoms with van der Waals surface area (Å²) in [7, 11) is 2.10. The van der Waals surface area contributed by atoms with Gasteiger partial charge in [-0.3, -0.25) is 4.79 Å². The highest BCUT2D eigenvalue weighted by Crippen LogP contribution is 2.44. The predicted molar refractivity (Wildman–Crippen MR) is 134 cm³/mol. The lowest BCUT2D eigenvalue weighted by Crippen LogP contribution is -2.30. The molecule has 0 saturated heterocycles. The van der Waals surface area contributed by atoms with Gasteiger partial charge in [0.1, 0.15) is 11.9 Å². The summed E-state index contributed by atoms with van der Waals surface area (Å²) in [4.78, 5) is 24.3. The molecule has 35 heavy (non-hydrogen) atoms. The van der Waals surface area contributed by atoms with Crippen LogP contribution >= 0.6 is 0 Å². The third-order valence-corrected chi connectivity index (χ3v) is 7.42. The molecule has 1 N–H and O–H groups in total. The number of hydrogen-bond donors (Lipinski definition) is 1. The molecule has 7 heteroatoms. The second-order valence-corrected chi connectivity index (χ2v) is 10.4. The molecule has 3 heterocycles. The summed E-state index contributed by atoms with van der Waals surface area (Å²) in [6, 6.07) is 7.94. The number of hydrogen-bond acceptors (Lipinski definition) is 6. The average Bonchev–Trinajstić information content (AvgIpc) is 3.15. The number of likely N-dealkylation sites (N-methyl/N-ethyl adjacent to an activating group) is 1. The first-order chi connectivity index (χ1) is 16.8. The third-order valence-electron chi connectivity index (χ3n) is 7.42. The van der Waals surface area contributed by atoms with Gasteiger partial charge < -0.3 is 10.2 Å². The summed E-state index contributed by atoms with van der Waals surface area (Å²) >= 11 is 0. The summed E-state index contributed by atoms with van der Waals surface area (Å²) in [5.74, 6) is 0.723. The Morgan fingerprint density at radius 2 is 2.20 bits per heavy atom. The molecule has 0 fully saturated rings. The van der Waals surface area contributed by atoms with Gasteiger partial charge in [0.25, 0.3) is 0 Å². The van der Waals surface area contributed by atoms with E-state index in [1.807, 2.05) is 31.2 Å². The molecule has 1 aliphatic carbocycles. The van der Waals surface area contributed by atoms with Crippen LogP contribution < -0.4 is 5.32 Å². The minimum Gasteiger partial charge on any atom is -0.383 e. The minimum absolute atomic E-state index is 0.147. The van der Waals surface area contributed by atoms with Crippen molar-refractivity contribution in [2.45, 2.75) is 51.1 Å². The van der Waals surface area contributed by atoms with Crippen LogP contribution in [0.2, 0.25) is 0 Å². The number of aromatic nitrogens is 2. The van der Waals surface area contributed by atoms with Gasteiger partial charge in [0.05, 0.1) is 23.1 Å². The monoisotopic (exact) mass is 471 g/mol. The van der Waals surface area contributed by atoms with Crippen LogP contribution in [0.15, 0.2) is 47.2 Å². The lowest BCUT2D eigenvalue weighted by molar-refractivity contribution is -0.115. The lowest BCUT2D eigenvalue weighted by Gasteiger charge is -2.29. The molecule has 1 aromatic carbocycles. The number of rotatable bonds is 5. The molecule has 0 saturated carbocycles. The number of carbonyl (C=O) groups is 1. The van der Waals surface area contributed by atoms with Crippen molar-refractivity contribution in [1.29, 1.82) is 5.26 Å². The molecule has 5 rings (SSSR count). The van der Waals surface area contributed by atoms with E-state index in [-0.39, 0.29) is 5.78 Å². The van der Waals surface area contributed by atoms with E-state index in [1.165, 1.54) is 11.1 Å². The molecule has 2 aromatic rings. The number of carbonyl (C=O) groups excluding carboxylic acids is 1. The number of nitrogens with one attached hydrogen (secondary N) is 1. The maximum atomic E-state index is 14.0. The first kappa shape index (κ1) is 23.4. The smallest absolute Gasteiger partial charge is 0.163 e. The number of benzene rings is 1. The maximum Gasteiger partial charge on any atom is 0.163 e. The number of nitrogens with zero attached hydrogens (tertiary/aromatic N) is 4. The highest BCUT2D eigenvalue weighted by molar-refractivity contribution is 5.99. The molecule has 1 aromatic heterocycles. The molecular formula is C28H30FN5O. The van der Waals surface area contributed by atoms with Gasteiger partial charge in [0, 0.05) is 55.2 Å². The van der Waals surface area contributed by atoms with Crippen LogP contribution in [0.1, 0.15) is 50.1 Å².